The summed E-state index contributed by atoms with van der Waals surface area (Å²) in [5, 5.41) is 8.99. The Morgan fingerprint density at radius 2 is 2.47 bits per heavy atom. The largest absolute Gasteiger partial charge is 0.393 e. The number of hydrogen-bond donors (Lipinski definition) is 2. The molecular weight excluding hydrogens is 229 g/mol. The van der Waals surface area contributed by atoms with Gasteiger partial charge in [-0.25, -0.2) is 9.18 Å². The highest BCUT2D eigenvalue weighted by Crippen LogP contribution is 2.30. The molecule has 0 amide bonds. The molecule has 3 N–H and O–H groups in total. The van der Waals surface area contributed by atoms with Crippen LogP contribution < -0.4 is 11.4 Å². The van der Waals surface area contributed by atoms with Crippen molar-refractivity contribution in [3.8, 4) is 0 Å². The minimum absolute atomic E-state index is 0.227. The van der Waals surface area contributed by atoms with Crippen molar-refractivity contribution >= 4 is 5.82 Å². The maximum atomic E-state index is 13.2. The maximum absolute atomic E-state index is 13.2. The molecule has 1 saturated heterocycles. The van der Waals surface area contributed by atoms with E-state index in [1.54, 1.807) is 0 Å². The third kappa shape index (κ3) is 2.06. The number of nitrogens with zero attached hydrogens (tertiary/aromatic N) is 2. The van der Waals surface area contributed by atoms with Crippen molar-refractivity contribution in [3.05, 3.63) is 34.7 Å². The van der Waals surface area contributed by atoms with Crippen LogP contribution in [0.1, 0.15) is 12.6 Å². The predicted molar refractivity (Wildman–Crippen MR) is 57.6 cm³/mol. The van der Waals surface area contributed by atoms with Gasteiger partial charge in [0.25, 0.3) is 0 Å². The van der Waals surface area contributed by atoms with E-state index in [9.17, 15) is 9.18 Å². The van der Waals surface area contributed by atoms with E-state index in [1.807, 2.05) is 0 Å². The van der Waals surface area contributed by atoms with Crippen LogP contribution in [-0.2, 0) is 4.74 Å². The Bertz CT molecular complexity index is 514. The highest BCUT2D eigenvalue weighted by molar-refractivity contribution is 5.26. The number of ether oxygens (including phenoxy) is 1. The second kappa shape index (κ2) is 4.27. The quantitative estimate of drug-likeness (QED) is 0.700. The van der Waals surface area contributed by atoms with Gasteiger partial charge < -0.3 is 15.6 Å². The highest BCUT2D eigenvalue weighted by Gasteiger charge is 2.30. The van der Waals surface area contributed by atoms with Crippen molar-refractivity contribution in [3.63, 3.8) is 0 Å². The lowest BCUT2D eigenvalue weighted by Gasteiger charge is -2.14. The van der Waals surface area contributed by atoms with Crippen LogP contribution in [0.25, 0.3) is 0 Å². The van der Waals surface area contributed by atoms with Gasteiger partial charge in [-0.1, -0.05) is 6.58 Å². The third-order valence-electron chi connectivity index (χ3n) is 2.62. The standard InChI is InChI=1S/C10H12FN3O3/c1-5-2-8(17-7(5)4-15)14-3-6(11)9(12)13-10(14)16/h3,7-8,15H,1-2,4H2,(H2,12,13,16). The average molecular weight is 241 g/mol. The van der Waals surface area contributed by atoms with E-state index >= 15 is 0 Å². The van der Waals surface area contributed by atoms with Crippen molar-refractivity contribution in [2.24, 2.45) is 0 Å². The molecule has 0 bridgehead atoms. The fourth-order valence-electron chi connectivity index (χ4n) is 1.69. The molecule has 0 aliphatic carbocycles. The number of aromatic nitrogens is 2. The SMILES string of the molecule is C=C1CC(n2cc(F)c(N)nc2=O)OC1CO. The zero-order chi connectivity index (χ0) is 12.6. The number of halogens is 1. The summed E-state index contributed by atoms with van der Waals surface area (Å²) in [6.45, 7) is 3.49. The van der Waals surface area contributed by atoms with Gasteiger partial charge in [-0.2, -0.15) is 4.98 Å². The lowest BCUT2D eigenvalue weighted by atomic mass is 10.1. The molecule has 1 fully saturated rings. The first kappa shape index (κ1) is 11.7. The van der Waals surface area contributed by atoms with Gasteiger partial charge in [0.15, 0.2) is 11.6 Å². The number of rotatable bonds is 2. The molecule has 1 aromatic rings. The monoisotopic (exact) mass is 241 g/mol. The summed E-state index contributed by atoms with van der Waals surface area (Å²) in [5.74, 6) is -1.23. The fourth-order valence-corrected chi connectivity index (χ4v) is 1.69. The molecule has 2 rings (SSSR count). The van der Waals surface area contributed by atoms with E-state index in [2.05, 4.69) is 11.6 Å². The lowest BCUT2D eigenvalue weighted by molar-refractivity contribution is -0.0191. The Balaban J connectivity index is 2.34. The van der Waals surface area contributed by atoms with E-state index in [0.717, 1.165) is 10.8 Å². The van der Waals surface area contributed by atoms with Crippen molar-refractivity contribution in [2.45, 2.75) is 18.8 Å². The van der Waals surface area contributed by atoms with Crippen LogP contribution in [0, 0.1) is 5.82 Å². The Morgan fingerprint density at radius 1 is 1.76 bits per heavy atom. The summed E-state index contributed by atoms with van der Waals surface area (Å²) in [4.78, 5) is 14.8. The smallest absolute Gasteiger partial charge is 0.351 e. The molecule has 0 spiro atoms. The van der Waals surface area contributed by atoms with Crippen LogP contribution in [0.3, 0.4) is 0 Å². The number of nitrogens with two attached hydrogens (primary N) is 1. The second-order valence-corrected chi connectivity index (χ2v) is 3.79. The molecule has 2 unspecified atom stereocenters. The first-order valence-electron chi connectivity index (χ1n) is 5.01. The van der Waals surface area contributed by atoms with Gasteiger partial charge >= 0.3 is 5.69 Å². The minimum Gasteiger partial charge on any atom is -0.393 e. The van der Waals surface area contributed by atoms with Gasteiger partial charge in [-0.3, -0.25) is 4.57 Å². The first-order valence-corrected chi connectivity index (χ1v) is 5.01. The van der Waals surface area contributed by atoms with Crippen molar-refractivity contribution in [2.75, 3.05) is 12.3 Å². The van der Waals surface area contributed by atoms with Crippen molar-refractivity contribution in [1.29, 1.82) is 0 Å². The van der Waals surface area contributed by atoms with E-state index in [0.29, 0.717) is 12.0 Å². The van der Waals surface area contributed by atoms with Crippen LogP contribution in [0.5, 0.6) is 0 Å². The molecule has 6 nitrogen and oxygen atoms in total. The first-order chi connectivity index (χ1) is 8.02. The van der Waals surface area contributed by atoms with E-state index in [-0.39, 0.29) is 6.61 Å². The maximum Gasteiger partial charge on any atom is 0.351 e. The molecule has 0 radical (unpaired) electrons. The molecule has 2 heterocycles. The second-order valence-electron chi connectivity index (χ2n) is 3.79. The van der Waals surface area contributed by atoms with Gasteiger partial charge in [-0.05, 0) is 5.57 Å². The molecule has 1 aromatic heterocycles. The lowest BCUT2D eigenvalue weighted by Crippen LogP contribution is -2.28. The number of nitrogen functional groups attached to an aromatic ring is 1. The Hall–Kier alpha value is -1.73. The predicted octanol–water partition coefficient (Wildman–Crippen LogP) is -0.199. The zero-order valence-corrected chi connectivity index (χ0v) is 8.97. The zero-order valence-electron chi connectivity index (χ0n) is 8.97. The number of aliphatic hydroxyl groups is 1. The molecule has 92 valence electrons. The number of hydrogen-bond acceptors (Lipinski definition) is 5. The average Bonchev–Trinajstić information content (AvgIpc) is 2.65. The van der Waals surface area contributed by atoms with Gasteiger partial charge in [-0.15, -0.1) is 0 Å². The van der Waals surface area contributed by atoms with Gasteiger partial charge in [0, 0.05) is 6.42 Å². The Kier molecular flexibility index (Phi) is 2.95. The summed E-state index contributed by atoms with van der Waals surface area (Å²) in [6.07, 6.45) is 0.0423. The van der Waals surface area contributed by atoms with Gasteiger partial charge in [0.05, 0.1) is 12.8 Å². The van der Waals surface area contributed by atoms with Crippen LogP contribution in [-0.4, -0.2) is 27.4 Å². The van der Waals surface area contributed by atoms with Crippen LogP contribution in [0.4, 0.5) is 10.2 Å². The van der Waals surface area contributed by atoms with Gasteiger partial charge in [0.1, 0.15) is 12.3 Å². The molecule has 0 aromatic carbocycles. The fraction of sp³-hybridized carbons (Fsp3) is 0.400. The molecule has 7 heteroatoms. The molecular formula is C10H12FN3O3. The Labute approximate surface area is 96.1 Å². The summed E-state index contributed by atoms with van der Waals surface area (Å²) >= 11 is 0. The summed E-state index contributed by atoms with van der Waals surface area (Å²) < 4.78 is 19.6. The third-order valence-corrected chi connectivity index (χ3v) is 2.62. The molecule has 1 aliphatic rings. The molecule has 2 atom stereocenters. The highest BCUT2D eigenvalue weighted by atomic mass is 19.1. The van der Waals surface area contributed by atoms with Crippen molar-refractivity contribution < 1.29 is 14.2 Å². The minimum atomic E-state index is -0.786. The van der Waals surface area contributed by atoms with E-state index in [4.69, 9.17) is 15.6 Å². The summed E-state index contributed by atoms with van der Waals surface area (Å²) in [6, 6.07) is 0. The Morgan fingerprint density at radius 3 is 3.06 bits per heavy atom. The number of anilines is 1. The van der Waals surface area contributed by atoms with E-state index in [1.165, 1.54) is 0 Å². The van der Waals surface area contributed by atoms with Crippen molar-refractivity contribution in [1.82, 2.24) is 9.55 Å². The number of aliphatic hydroxyl groups excluding tert-OH is 1. The molecule has 1 aliphatic heterocycles. The summed E-state index contributed by atoms with van der Waals surface area (Å²) in [7, 11) is 0. The topological polar surface area (TPSA) is 90.4 Å². The van der Waals surface area contributed by atoms with Crippen LogP contribution in [0.2, 0.25) is 0 Å². The van der Waals surface area contributed by atoms with Crippen LogP contribution >= 0.6 is 0 Å². The summed E-state index contributed by atoms with van der Waals surface area (Å²) in [5.41, 5.74) is 5.13. The normalized spacial score (nSPS) is 24.2. The van der Waals surface area contributed by atoms with E-state index < -0.39 is 29.7 Å². The molecule has 0 saturated carbocycles. The van der Waals surface area contributed by atoms with Gasteiger partial charge in [0.2, 0.25) is 0 Å². The molecule has 17 heavy (non-hydrogen) atoms. The van der Waals surface area contributed by atoms with Crippen LogP contribution in [0.15, 0.2) is 23.1 Å².